The average Bonchev–Trinajstić information content (AvgIpc) is 2.64. The van der Waals surface area contributed by atoms with Gasteiger partial charge in [-0.15, -0.1) is 11.8 Å². The third kappa shape index (κ3) is 4.70. The van der Waals surface area contributed by atoms with Gasteiger partial charge in [-0.1, -0.05) is 6.07 Å². The summed E-state index contributed by atoms with van der Waals surface area (Å²) < 4.78 is 61.9. The third-order valence-corrected chi connectivity index (χ3v) is 6.51. The van der Waals surface area contributed by atoms with Crippen molar-refractivity contribution in [2.24, 2.45) is 0 Å². The number of hydrogen-bond acceptors (Lipinski definition) is 4. The highest BCUT2D eigenvalue weighted by Crippen LogP contribution is 2.33. The first kappa shape index (κ1) is 20.7. The van der Waals surface area contributed by atoms with Crippen LogP contribution in [0.4, 0.5) is 18.9 Å². The van der Waals surface area contributed by atoms with E-state index in [1.54, 1.807) is 17.0 Å². The van der Waals surface area contributed by atoms with Crippen molar-refractivity contribution in [3.8, 4) is 0 Å². The fourth-order valence-corrected chi connectivity index (χ4v) is 4.55. The van der Waals surface area contributed by atoms with Crippen LogP contribution in [-0.4, -0.2) is 32.9 Å². The van der Waals surface area contributed by atoms with Gasteiger partial charge < -0.3 is 4.90 Å². The zero-order valence-electron chi connectivity index (χ0n) is 15.0. The van der Waals surface area contributed by atoms with Gasteiger partial charge in [0, 0.05) is 23.4 Å². The first-order valence-corrected chi connectivity index (χ1v) is 11.4. The van der Waals surface area contributed by atoms with Crippen molar-refractivity contribution in [3.05, 3.63) is 53.6 Å². The molecule has 28 heavy (non-hydrogen) atoms. The Morgan fingerprint density at radius 2 is 1.93 bits per heavy atom. The van der Waals surface area contributed by atoms with E-state index in [0.717, 1.165) is 35.7 Å². The van der Waals surface area contributed by atoms with E-state index in [4.69, 9.17) is 0 Å². The number of nitrogens with zero attached hydrogens (tertiary/aromatic N) is 1. The second-order valence-electron chi connectivity index (χ2n) is 6.53. The van der Waals surface area contributed by atoms with E-state index >= 15 is 0 Å². The number of fused-ring (bicyclic) bond motifs is 1. The molecule has 2 aromatic carbocycles. The summed E-state index contributed by atoms with van der Waals surface area (Å²) in [7, 11) is -3.34. The van der Waals surface area contributed by atoms with Crippen LogP contribution < -0.4 is 4.90 Å². The largest absolute Gasteiger partial charge is 0.416 e. The van der Waals surface area contributed by atoms with Crippen LogP contribution in [0.3, 0.4) is 0 Å². The molecule has 0 aliphatic carbocycles. The first-order chi connectivity index (χ1) is 13.1. The van der Waals surface area contributed by atoms with Crippen LogP contribution >= 0.6 is 11.8 Å². The van der Waals surface area contributed by atoms with Gasteiger partial charge in [0.15, 0.2) is 9.84 Å². The molecular weight excluding hydrogens is 411 g/mol. The highest BCUT2D eigenvalue weighted by molar-refractivity contribution is 8.00. The van der Waals surface area contributed by atoms with Gasteiger partial charge in [0.2, 0.25) is 5.91 Å². The van der Waals surface area contributed by atoms with Crippen LogP contribution in [0.15, 0.2) is 52.3 Å². The molecule has 9 heteroatoms. The number of rotatable bonds is 4. The van der Waals surface area contributed by atoms with E-state index in [0.29, 0.717) is 30.0 Å². The molecule has 0 bridgehead atoms. The molecule has 3 rings (SSSR count). The van der Waals surface area contributed by atoms with Crippen molar-refractivity contribution in [1.82, 2.24) is 0 Å². The van der Waals surface area contributed by atoms with Gasteiger partial charge in [-0.3, -0.25) is 4.79 Å². The Morgan fingerprint density at radius 3 is 2.61 bits per heavy atom. The first-order valence-electron chi connectivity index (χ1n) is 8.49. The number of aryl methyl sites for hydroxylation is 1. The predicted octanol–water partition coefficient (Wildman–Crippen LogP) is 4.18. The SMILES string of the molecule is CS(=O)(=O)c1ccc2c(c1)CCCN2C(=O)CSc1cccc(C(F)(F)F)c1. The van der Waals surface area contributed by atoms with Gasteiger partial charge in [-0.25, -0.2) is 8.42 Å². The van der Waals surface area contributed by atoms with Crippen LogP contribution in [0.5, 0.6) is 0 Å². The number of amides is 1. The van der Waals surface area contributed by atoms with Gasteiger partial charge in [-0.05, 0) is 54.8 Å². The standard InChI is InChI=1S/C19H18F3NO3S2/c1-28(25,26)16-7-8-17-13(10-16)4-3-9-23(17)18(24)12-27-15-6-2-5-14(11-15)19(20,21)22/h2,5-8,10-11H,3-4,9,12H2,1H3. The molecule has 1 heterocycles. The molecule has 1 aliphatic heterocycles. The molecule has 0 fully saturated rings. The number of sulfone groups is 1. The molecule has 0 spiro atoms. The third-order valence-electron chi connectivity index (χ3n) is 4.42. The van der Waals surface area contributed by atoms with Crippen molar-refractivity contribution in [2.45, 2.75) is 28.8 Å². The lowest BCUT2D eigenvalue weighted by atomic mass is 10.0. The minimum Gasteiger partial charge on any atom is -0.311 e. The Labute approximate surface area is 165 Å². The number of carbonyl (C=O) groups is 1. The Morgan fingerprint density at radius 1 is 1.18 bits per heavy atom. The summed E-state index contributed by atoms with van der Waals surface area (Å²) in [5.41, 5.74) is 0.696. The summed E-state index contributed by atoms with van der Waals surface area (Å²) in [4.78, 5) is 14.8. The van der Waals surface area contributed by atoms with E-state index in [1.807, 2.05) is 0 Å². The number of thioether (sulfide) groups is 1. The molecule has 0 saturated heterocycles. The summed E-state index contributed by atoms with van der Waals surface area (Å²) in [5.74, 6) is -0.232. The highest BCUT2D eigenvalue weighted by atomic mass is 32.2. The summed E-state index contributed by atoms with van der Waals surface area (Å²) in [6.45, 7) is 0.493. The van der Waals surface area contributed by atoms with Crippen LogP contribution in [0, 0.1) is 0 Å². The van der Waals surface area contributed by atoms with E-state index < -0.39 is 21.6 Å². The lowest BCUT2D eigenvalue weighted by molar-refractivity contribution is -0.137. The highest BCUT2D eigenvalue weighted by Gasteiger charge is 2.30. The Hall–Kier alpha value is -2.00. The molecule has 1 amide bonds. The van der Waals surface area contributed by atoms with Crippen molar-refractivity contribution in [2.75, 3.05) is 23.5 Å². The van der Waals surface area contributed by atoms with Crippen LogP contribution in [0.2, 0.25) is 0 Å². The zero-order chi connectivity index (χ0) is 20.5. The second-order valence-corrected chi connectivity index (χ2v) is 9.59. The van der Waals surface area contributed by atoms with Crippen LogP contribution in [-0.2, 0) is 27.2 Å². The number of carbonyl (C=O) groups excluding carboxylic acids is 1. The molecule has 2 aromatic rings. The van der Waals surface area contributed by atoms with Gasteiger partial charge in [0.25, 0.3) is 0 Å². The summed E-state index contributed by atoms with van der Waals surface area (Å²) >= 11 is 1.05. The van der Waals surface area contributed by atoms with Crippen molar-refractivity contribution in [3.63, 3.8) is 0 Å². The molecule has 0 aromatic heterocycles. The molecule has 0 N–H and O–H groups in total. The monoisotopic (exact) mass is 429 g/mol. The fraction of sp³-hybridized carbons (Fsp3) is 0.316. The van der Waals surface area contributed by atoms with Crippen LogP contribution in [0.1, 0.15) is 17.5 Å². The maximum Gasteiger partial charge on any atom is 0.416 e. The van der Waals surface area contributed by atoms with E-state index in [2.05, 4.69) is 0 Å². The number of alkyl halides is 3. The summed E-state index contributed by atoms with van der Waals surface area (Å²) in [6, 6.07) is 9.56. The zero-order valence-corrected chi connectivity index (χ0v) is 16.6. The normalized spacial score (nSPS) is 14.6. The Balaban J connectivity index is 1.75. The van der Waals surface area contributed by atoms with E-state index in [-0.39, 0.29) is 16.6 Å². The molecule has 0 atom stereocenters. The fourth-order valence-electron chi connectivity index (χ4n) is 3.05. The van der Waals surface area contributed by atoms with Gasteiger partial charge >= 0.3 is 6.18 Å². The molecule has 0 saturated carbocycles. The maximum absolute atomic E-state index is 12.8. The maximum atomic E-state index is 12.8. The molecule has 0 radical (unpaired) electrons. The minimum absolute atomic E-state index is 0.00538. The van der Waals surface area contributed by atoms with Crippen molar-refractivity contribution >= 4 is 33.2 Å². The van der Waals surface area contributed by atoms with Crippen molar-refractivity contribution < 1.29 is 26.4 Å². The second kappa shape index (κ2) is 7.79. The van der Waals surface area contributed by atoms with E-state index in [9.17, 15) is 26.4 Å². The van der Waals surface area contributed by atoms with Gasteiger partial charge in [0.05, 0.1) is 16.2 Å². The van der Waals surface area contributed by atoms with E-state index in [1.165, 1.54) is 18.2 Å². The van der Waals surface area contributed by atoms with Gasteiger partial charge in [-0.2, -0.15) is 13.2 Å². The molecule has 4 nitrogen and oxygen atoms in total. The van der Waals surface area contributed by atoms with Crippen molar-refractivity contribution in [1.29, 1.82) is 0 Å². The smallest absolute Gasteiger partial charge is 0.311 e. The Kier molecular flexibility index (Phi) is 5.77. The number of hydrogen-bond donors (Lipinski definition) is 0. The summed E-state index contributed by atoms with van der Waals surface area (Å²) in [6.07, 6.45) is -1.93. The minimum atomic E-state index is -4.43. The summed E-state index contributed by atoms with van der Waals surface area (Å²) in [5, 5.41) is 0. The van der Waals surface area contributed by atoms with Crippen LogP contribution in [0.25, 0.3) is 0 Å². The molecule has 1 aliphatic rings. The quantitative estimate of drug-likeness (QED) is 0.685. The number of anilines is 1. The molecule has 150 valence electrons. The predicted molar refractivity (Wildman–Crippen MR) is 102 cm³/mol. The number of halogens is 3. The lowest BCUT2D eigenvalue weighted by Crippen LogP contribution is -2.36. The molecule has 0 unspecified atom stereocenters. The Bertz CT molecular complexity index is 1000. The van der Waals surface area contributed by atoms with Gasteiger partial charge in [0.1, 0.15) is 0 Å². The number of benzene rings is 2. The lowest BCUT2D eigenvalue weighted by Gasteiger charge is -2.29. The molecular formula is C19H18F3NO3S2. The average molecular weight is 429 g/mol. The topological polar surface area (TPSA) is 54.5 Å².